The van der Waals surface area contributed by atoms with Crippen LogP contribution in [0.1, 0.15) is 20.8 Å². The molecule has 0 fully saturated rings. The van der Waals surface area contributed by atoms with E-state index < -0.39 is 14.6 Å². The minimum absolute atomic E-state index is 0.0663. The lowest BCUT2D eigenvalue weighted by Gasteiger charge is -2.20. The summed E-state index contributed by atoms with van der Waals surface area (Å²) in [6, 6.07) is 5.35. The Morgan fingerprint density at radius 2 is 1.80 bits per heavy atom. The number of hydrogen-bond donors (Lipinski definition) is 1. The zero-order chi connectivity index (χ0) is 15.4. The molecule has 0 aliphatic carbocycles. The van der Waals surface area contributed by atoms with E-state index in [-0.39, 0.29) is 5.75 Å². The average molecular weight is 301 g/mol. The van der Waals surface area contributed by atoms with Gasteiger partial charge in [-0.15, -0.1) is 0 Å². The second-order valence-electron chi connectivity index (χ2n) is 5.42. The van der Waals surface area contributed by atoms with Crippen LogP contribution in [0.3, 0.4) is 0 Å². The third-order valence-electron chi connectivity index (χ3n) is 3.03. The molecule has 0 saturated heterocycles. The van der Waals surface area contributed by atoms with Gasteiger partial charge in [0.2, 0.25) is 0 Å². The van der Waals surface area contributed by atoms with E-state index in [1.165, 1.54) is 0 Å². The zero-order valence-corrected chi connectivity index (χ0v) is 13.5. The highest BCUT2D eigenvalue weighted by atomic mass is 32.2. The first-order chi connectivity index (χ1) is 9.21. The Bertz CT molecular complexity index is 547. The largest absolute Gasteiger partial charge is 0.497 e. The monoisotopic (exact) mass is 301 g/mol. The quantitative estimate of drug-likeness (QED) is 0.873. The van der Waals surface area contributed by atoms with E-state index in [0.717, 1.165) is 5.69 Å². The Morgan fingerprint density at radius 3 is 2.30 bits per heavy atom. The van der Waals surface area contributed by atoms with E-state index in [2.05, 4.69) is 5.32 Å². The summed E-state index contributed by atoms with van der Waals surface area (Å²) < 4.78 is 33.7. The summed E-state index contributed by atoms with van der Waals surface area (Å²) in [5.41, 5.74) is 0.718. The third-order valence-corrected chi connectivity index (χ3v) is 5.63. The number of hydrogen-bond acceptors (Lipinski definition) is 5. The maximum Gasteiger partial charge on any atom is 0.156 e. The van der Waals surface area contributed by atoms with Gasteiger partial charge in [0.05, 0.1) is 30.4 Å². The van der Waals surface area contributed by atoms with Crippen molar-refractivity contribution in [1.29, 1.82) is 0 Å². The van der Waals surface area contributed by atoms with Crippen molar-refractivity contribution in [3.63, 3.8) is 0 Å². The van der Waals surface area contributed by atoms with Gasteiger partial charge in [-0.25, -0.2) is 8.42 Å². The molecule has 0 aromatic heterocycles. The van der Waals surface area contributed by atoms with Crippen molar-refractivity contribution in [2.24, 2.45) is 0 Å². The van der Waals surface area contributed by atoms with E-state index >= 15 is 0 Å². The molecular weight excluding hydrogens is 278 g/mol. The topological polar surface area (TPSA) is 64.6 Å². The van der Waals surface area contributed by atoms with Crippen LogP contribution in [0.4, 0.5) is 5.69 Å². The van der Waals surface area contributed by atoms with Gasteiger partial charge in [0.15, 0.2) is 9.84 Å². The summed E-state index contributed by atoms with van der Waals surface area (Å²) in [6.07, 6.45) is 0. The fourth-order valence-electron chi connectivity index (χ4n) is 1.58. The van der Waals surface area contributed by atoms with Crippen LogP contribution < -0.4 is 14.8 Å². The van der Waals surface area contributed by atoms with Gasteiger partial charge in [0.1, 0.15) is 11.5 Å². The van der Waals surface area contributed by atoms with Gasteiger partial charge in [-0.3, -0.25) is 0 Å². The minimum atomic E-state index is -3.14. The Balaban J connectivity index is 2.76. The van der Waals surface area contributed by atoms with Crippen molar-refractivity contribution in [3.05, 3.63) is 18.2 Å². The molecule has 1 aromatic rings. The lowest BCUT2D eigenvalue weighted by Crippen LogP contribution is -2.32. The number of ether oxygens (including phenoxy) is 2. The summed E-state index contributed by atoms with van der Waals surface area (Å²) in [5.74, 6) is 1.41. The number of sulfone groups is 1. The number of anilines is 1. The molecule has 1 N–H and O–H groups in total. The van der Waals surface area contributed by atoms with Crippen LogP contribution in [-0.2, 0) is 9.84 Å². The maximum atomic E-state index is 12.0. The molecule has 0 heterocycles. The van der Waals surface area contributed by atoms with Crippen LogP contribution in [0.2, 0.25) is 0 Å². The summed E-state index contributed by atoms with van der Waals surface area (Å²) in [7, 11) is 0.00965. The highest BCUT2D eigenvalue weighted by molar-refractivity contribution is 7.92. The second kappa shape index (κ2) is 6.35. The summed E-state index contributed by atoms with van der Waals surface area (Å²) in [4.78, 5) is 0. The Kier molecular flexibility index (Phi) is 5.28. The van der Waals surface area contributed by atoms with Crippen LogP contribution >= 0.6 is 0 Å². The predicted molar refractivity (Wildman–Crippen MR) is 81.6 cm³/mol. The SMILES string of the molecule is COc1ccc(OC)c(NCCS(=O)(=O)C(C)(C)C)c1. The maximum absolute atomic E-state index is 12.0. The highest BCUT2D eigenvalue weighted by Gasteiger charge is 2.28. The van der Waals surface area contributed by atoms with E-state index in [0.29, 0.717) is 18.0 Å². The minimum Gasteiger partial charge on any atom is -0.497 e. The van der Waals surface area contributed by atoms with Gasteiger partial charge in [-0.2, -0.15) is 0 Å². The van der Waals surface area contributed by atoms with E-state index in [1.807, 2.05) is 0 Å². The van der Waals surface area contributed by atoms with Crippen molar-refractivity contribution in [2.75, 3.05) is 31.8 Å². The molecule has 0 aliphatic rings. The van der Waals surface area contributed by atoms with Crippen LogP contribution in [-0.4, -0.2) is 39.7 Å². The molecule has 0 spiro atoms. The fraction of sp³-hybridized carbons (Fsp3) is 0.571. The number of rotatable bonds is 6. The van der Waals surface area contributed by atoms with Crippen molar-refractivity contribution >= 4 is 15.5 Å². The van der Waals surface area contributed by atoms with Crippen molar-refractivity contribution < 1.29 is 17.9 Å². The molecule has 0 atom stereocenters. The summed E-state index contributed by atoms with van der Waals surface area (Å²) in [6.45, 7) is 5.43. The van der Waals surface area contributed by atoms with Crippen LogP contribution in [0.5, 0.6) is 11.5 Å². The first-order valence-corrected chi connectivity index (χ1v) is 8.04. The molecule has 0 bridgehead atoms. The molecule has 0 amide bonds. The molecule has 114 valence electrons. The van der Waals surface area contributed by atoms with Gasteiger partial charge in [-0.1, -0.05) is 0 Å². The van der Waals surface area contributed by atoms with Crippen molar-refractivity contribution in [1.82, 2.24) is 0 Å². The summed E-state index contributed by atoms with van der Waals surface area (Å²) in [5, 5.41) is 3.08. The van der Waals surface area contributed by atoms with Gasteiger partial charge in [-0.05, 0) is 32.9 Å². The van der Waals surface area contributed by atoms with E-state index in [1.54, 1.807) is 53.2 Å². The number of benzene rings is 1. The third kappa shape index (κ3) is 4.03. The molecule has 20 heavy (non-hydrogen) atoms. The predicted octanol–water partition coefficient (Wildman–Crippen LogP) is 2.33. The molecule has 0 unspecified atom stereocenters. The fourth-order valence-corrected chi connectivity index (χ4v) is 2.56. The van der Waals surface area contributed by atoms with Crippen molar-refractivity contribution in [2.45, 2.75) is 25.5 Å². The number of methoxy groups -OCH3 is 2. The molecule has 6 heteroatoms. The molecular formula is C14H23NO4S. The molecule has 0 saturated carbocycles. The molecule has 0 aliphatic heterocycles. The van der Waals surface area contributed by atoms with Gasteiger partial charge < -0.3 is 14.8 Å². The Hall–Kier alpha value is -1.43. The Morgan fingerprint density at radius 1 is 1.15 bits per heavy atom. The average Bonchev–Trinajstić information content (AvgIpc) is 2.37. The lowest BCUT2D eigenvalue weighted by molar-refractivity contribution is 0.404. The summed E-state index contributed by atoms with van der Waals surface area (Å²) >= 11 is 0. The van der Waals surface area contributed by atoms with Crippen LogP contribution in [0, 0.1) is 0 Å². The van der Waals surface area contributed by atoms with E-state index in [4.69, 9.17) is 9.47 Å². The van der Waals surface area contributed by atoms with Crippen LogP contribution in [0.25, 0.3) is 0 Å². The van der Waals surface area contributed by atoms with Crippen LogP contribution in [0.15, 0.2) is 18.2 Å². The first-order valence-electron chi connectivity index (χ1n) is 6.39. The van der Waals surface area contributed by atoms with Gasteiger partial charge >= 0.3 is 0 Å². The highest BCUT2D eigenvalue weighted by Crippen LogP contribution is 2.28. The van der Waals surface area contributed by atoms with E-state index in [9.17, 15) is 8.42 Å². The molecule has 1 rings (SSSR count). The smallest absolute Gasteiger partial charge is 0.156 e. The number of nitrogens with one attached hydrogen (secondary N) is 1. The lowest BCUT2D eigenvalue weighted by atomic mass is 10.2. The molecule has 0 radical (unpaired) electrons. The molecule has 1 aromatic carbocycles. The zero-order valence-electron chi connectivity index (χ0n) is 12.7. The van der Waals surface area contributed by atoms with Gasteiger partial charge in [0, 0.05) is 12.6 Å². The van der Waals surface area contributed by atoms with Crippen molar-refractivity contribution in [3.8, 4) is 11.5 Å². The standard InChI is InChI=1S/C14H23NO4S/c1-14(2,3)20(16,17)9-8-15-12-10-11(18-4)6-7-13(12)19-5/h6-7,10,15H,8-9H2,1-5H3. The second-order valence-corrected chi connectivity index (χ2v) is 8.29. The first kappa shape index (κ1) is 16.6. The van der Waals surface area contributed by atoms with Gasteiger partial charge in [0.25, 0.3) is 0 Å². The Labute approximate surface area is 121 Å². The normalized spacial score (nSPS) is 12.1. The molecule has 5 nitrogen and oxygen atoms in total.